The van der Waals surface area contributed by atoms with Gasteiger partial charge in [-0.1, -0.05) is 18.7 Å². The minimum atomic E-state index is 0.765. The van der Waals surface area contributed by atoms with Gasteiger partial charge in [0.15, 0.2) is 5.17 Å². The molecule has 0 amide bonds. The first-order valence-electron chi connectivity index (χ1n) is 4.75. The highest BCUT2D eigenvalue weighted by molar-refractivity contribution is 8.13. The molecule has 2 aliphatic rings. The highest BCUT2D eigenvalue weighted by Gasteiger charge is 2.21. The van der Waals surface area contributed by atoms with E-state index >= 15 is 0 Å². The maximum Gasteiger partial charge on any atom is 0.156 e. The first kappa shape index (κ1) is 8.42. The Morgan fingerprint density at radius 3 is 3.00 bits per heavy atom. The van der Waals surface area contributed by atoms with Crippen molar-refractivity contribution in [1.82, 2.24) is 5.32 Å². The number of hydrogen-bond acceptors (Lipinski definition) is 3. The van der Waals surface area contributed by atoms with Crippen LogP contribution in [0.5, 0.6) is 0 Å². The van der Waals surface area contributed by atoms with E-state index in [1.807, 2.05) is 11.8 Å². The van der Waals surface area contributed by atoms with Gasteiger partial charge in [0, 0.05) is 18.8 Å². The summed E-state index contributed by atoms with van der Waals surface area (Å²) in [5.74, 6) is 2.95. The molecule has 12 heavy (non-hydrogen) atoms. The van der Waals surface area contributed by atoms with Gasteiger partial charge in [0.2, 0.25) is 0 Å². The van der Waals surface area contributed by atoms with Gasteiger partial charge in [-0.2, -0.15) is 0 Å². The fraction of sp³-hybridized carbons (Fsp3) is 0.889. The third kappa shape index (κ3) is 2.41. The molecule has 1 saturated carbocycles. The van der Waals surface area contributed by atoms with E-state index in [1.165, 1.54) is 23.8 Å². The normalized spacial score (nSPS) is 29.8. The number of hydrogen-bond donors (Lipinski definition) is 1. The Hall–Kier alpha value is -0.180. The van der Waals surface area contributed by atoms with Gasteiger partial charge < -0.3 is 5.32 Å². The highest BCUT2D eigenvalue weighted by atomic mass is 32.2. The van der Waals surface area contributed by atoms with E-state index in [0.717, 1.165) is 24.9 Å². The summed E-state index contributed by atoms with van der Waals surface area (Å²) in [6, 6.07) is 0. The van der Waals surface area contributed by atoms with E-state index in [0.29, 0.717) is 0 Å². The van der Waals surface area contributed by atoms with Crippen LogP contribution in [-0.2, 0) is 0 Å². The number of amidine groups is 1. The number of thioether (sulfide) groups is 1. The number of nitrogens with one attached hydrogen (secondary N) is 1. The maximum absolute atomic E-state index is 4.48. The van der Waals surface area contributed by atoms with E-state index in [-0.39, 0.29) is 0 Å². The van der Waals surface area contributed by atoms with E-state index < -0.39 is 0 Å². The summed E-state index contributed by atoms with van der Waals surface area (Å²) in [6.45, 7) is 4.42. The molecule has 0 aromatic rings. The molecule has 0 saturated heterocycles. The molecule has 0 aromatic heterocycles. The highest BCUT2D eigenvalue weighted by Crippen LogP contribution is 2.28. The lowest BCUT2D eigenvalue weighted by Gasteiger charge is -2.17. The van der Waals surface area contributed by atoms with Crippen LogP contribution in [0, 0.1) is 11.8 Å². The van der Waals surface area contributed by atoms with Gasteiger partial charge in [-0.05, 0) is 24.7 Å². The topological polar surface area (TPSA) is 24.4 Å². The second-order valence-corrected chi connectivity index (χ2v) is 4.89. The average Bonchev–Trinajstić information content (AvgIpc) is 2.87. The molecule has 1 aliphatic carbocycles. The molecular formula is C9H16N2S. The number of aliphatic imine (C=N–C) groups is 1. The lowest BCUT2D eigenvalue weighted by Crippen LogP contribution is -2.27. The molecule has 1 heterocycles. The van der Waals surface area contributed by atoms with Crippen molar-refractivity contribution in [3.05, 3.63) is 0 Å². The Balaban J connectivity index is 1.72. The molecule has 3 heteroatoms. The van der Waals surface area contributed by atoms with E-state index in [9.17, 15) is 0 Å². The molecule has 68 valence electrons. The van der Waals surface area contributed by atoms with Crippen LogP contribution >= 0.6 is 11.8 Å². The summed E-state index contributed by atoms with van der Waals surface area (Å²) >= 11 is 1.88. The molecule has 2 nitrogen and oxygen atoms in total. The summed E-state index contributed by atoms with van der Waals surface area (Å²) in [5.41, 5.74) is 0. The lowest BCUT2D eigenvalue weighted by atomic mass is 10.2. The van der Waals surface area contributed by atoms with Gasteiger partial charge in [-0.3, -0.25) is 4.99 Å². The van der Waals surface area contributed by atoms with Gasteiger partial charge in [0.25, 0.3) is 0 Å². The third-order valence-electron chi connectivity index (χ3n) is 2.29. The Labute approximate surface area is 78.2 Å². The quantitative estimate of drug-likeness (QED) is 0.706. The summed E-state index contributed by atoms with van der Waals surface area (Å²) in [4.78, 5) is 4.48. The van der Waals surface area contributed by atoms with E-state index in [4.69, 9.17) is 0 Å². The maximum atomic E-state index is 4.48. The average molecular weight is 184 g/mol. The van der Waals surface area contributed by atoms with Crippen LogP contribution in [0.15, 0.2) is 4.99 Å². The molecule has 1 unspecified atom stereocenters. The standard InChI is InChI=1S/C9H16N2S/c1-7-4-10-9(12-6-7)11-5-8-2-3-8/h7-8H,2-6H2,1H3,(H,10,11). The van der Waals surface area contributed by atoms with E-state index in [1.54, 1.807) is 0 Å². The summed E-state index contributed by atoms with van der Waals surface area (Å²) in [5, 5.41) is 4.60. The smallest absolute Gasteiger partial charge is 0.156 e. The zero-order valence-corrected chi connectivity index (χ0v) is 8.36. The van der Waals surface area contributed by atoms with Crippen LogP contribution in [0.3, 0.4) is 0 Å². The minimum absolute atomic E-state index is 0.765. The van der Waals surface area contributed by atoms with Gasteiger partial charge in [0.1, 0.15) is 0 Å². The van der Waals surface area contributed by atoms with Crippen molar-refractivity contribution < 1.29 is 0 Å². The Kier molecular flexibility index (Phi) is 2.59. The second-order valence-electron chi connectivity index (χ2n) is 3.89. The van der Waals surface area contributed by atoms with Crippen molar-refractivity contribution in [3.8, 4) is 0 Å². The van der Waals surface area contributed by atoms with Crippen molar-refractivity contribution in [3.63, 3.8) is 0 Å². The van der Waals surface area contributed by atoms with Gasteiger partial charge in [-0.25, -0.2) is 0 Å². The molecule has 1 N–H and O–H groups in total. The predicted octanol–water partition coefficient (Wildman–Crippen LogP) is 1.72. The molecule has 0 radical (unpaired) electrons. The Bertz CT molecular complexity index is 187. The van der Waals surface area contributed by atoms with Crippen molar-refractivity contribution in [1.29, 1.82) is 0 Å². The zero-order chi connectivity index (χ0) is 8.39. The van der Waals surface area contributed by atoms with Crippen LogP contribution in [0.2, 0.25) is 0 Å². The lowest BCUT2D eigenvalue weighted by molar-refractivity contribution is 0.666. The van der Waals surface area contributed by atoms with Gasteiger partial charge >= 0.3 is 0 Å². The second kappa shape index (κ2) is 3.69. The third-order valence-corrected chi connectivity index (χ3v) is 3.57. The van der Waals surface area contributed by atoms with Crippen molar-refractivity contribution in [2.75, 3.05) is 18.8 Å². The Morgan fingerprint density at radius 1 is 1.58 bits per heavy atom. The molecule has 1 atom stereocenters. The van der Waals surface area contributed by atoms with Crippen LogP contribution in [0.4, 0.5) is 0 Å². The largest absolute Gasteiger partial charge is 0.365 e. The van der Waals surface area contributed by atoms with Gasteiger partial charge in [0.05, 0.1) is 0 Å². The van der Waals surface area contributed by atoms with Crippen LogP contribution in [-0.4, -0.2) is 24.0 Å². The number of nitrogens with zero attached hydrogens (tertiary/aromatic N) is 1. The SMILES string of the molecule is CC1CN=C(NCC2CC2)SC1. The predicted molar refractivity (Wildman–Crippen MR) is 54.7 cm³/mol. The summed E-state index contributed by atoms with van der Waals surface area (Å²) < 4.78 is 0. The number of rotatable bonds is 2. The molecule has 0 spiro atoms. The van der Waals surface area contributed by atoms with Crippen molar-refractivity contribution >= 4 is 16.9 Å². The first-order valence-corrected chi connectivity index (χ1v) is 5.74. The molecule has 0 bridgehead atoms. The van der Waals surface area contributed by atoms with E-state index in [2.05, 4.69) is 17.2 Å². The van der Waals surface area contributed by atoms with Crippen molar-refractivity contribution in [2.45, 2.75) is 19.8 Å². The Morgan fingerprint density at radius 2 is 2.42 bits per heavy atom. The zero-order valence-electron chi connectivity index (χ0n) is 7.55. The van der Waals surface area contributed by atoms with Crippen LogP contribution in [0.1, 0.15) is 19.8 Å². The molecule has 1 aliphatic heterocycles. The monoisotopic (exact) mass is 184 g/mol. The first-order chi connectivity index (χ1) is 5.84. The molecular weight excluding hydrogens is 168 g/mol. The fourth-order valence-corrected chi connectivity index (χ4v) is 2.12. The summed E-state index contributed by atoms with van der Waals surface area (Å²) in [6.07, 6.45) is 2.84. The minimum Gasteiger partial charge on any atom is -0.365 e. The van der Waals surface area contributed by atoms with Gasteiger partial charge in [-0.15, -0.1) is 0 Å². The fourth-order valence-electron chi connectivity index (χ4n) is 1.22. The summed E-state index contributed by atoms with van der Waals surface area (Å²) in [7, 11) is 0. The molecule has 2 rings (SSSR count). The van der Waals surface area contributed by atoms with Crippen molar-refractivity contribution in [2.24, 2.45) is 16.8 Å². The molecule has 1 fully saturated rings. The van der Waals surface area contributed by atoms with Crippen LogP contribution < -0.4 is 5.32 Å². The molecule has 0 aromatic carbocycles. The van der Waals surface area contributed by atoms with Crippen LogP contribution in [0.25, 0.3) is 0 Å².